The van der Waals surface area contributed by atoms with Crippen molar-refractivity contribution >= 4 is 29.2 Å². The summed E-state index contributed by atoms with van der Waals surface area (Å²) in [4.78, 5) is 53.6. The molecule has 1 N–H and O–H groups in total. The van der Waals surface area contributed by atoms with E-state index in [4.69, 9.17) is 0 Å². The lowest BCUT2D eigenvalue weighted by Gasteiger charge is -2.51. The van der Waals surface area contributed by atoms with E-state index >= 15 is 0 Å². The maximum Gasteiger partial charge on any atom is 0.331 e. The van der Waals surface area contributed by atoms with Crippen LogP contribution in [0.3, 0.4) is 0 Å². The lowest BCUT2D eigenvalue weighted by atomic mass is 9.67. The molecular weight excluding hydrogens is 412 g/mol. The number of rotatable bonds is 5. The van der Waals surface area contributed by atoms with Crippen molar-refractivity contribution in [1.82, 2.24) is 10.2 Å². The van der Waals surface area contributed by atoms with Crippen molar-refractivity contribution in [3.8, 4) is 0 Å². The van der Waals surface area contributed by atoms with E-state index in [9.17, 15) is 24.5 Å². The van der Waals surface area contributed by atoms with Gasteiger partial charge < -0.3 is 4.90 Å². The number of carbonyl (C=O) groups excluding carboxylic acids is 3. The topological polar surface area (TPSA) is 113 Å². The molecule has 2 aromatic rings. The Hall–Kier alpha value is -3.75. The molecule has 2 aliphatic rings. The second-order valence-corrected chi connectivity index (χ2v) is 8.27. The predicted molar refractivity (Wildman–Crippen MR) is 117 cm³/mol. The van der Waals surface area contributed by atoms with Crippen molar-refractivity contribution in [2.45, 2.75) is 38.8 Å². The minimum atomic E-state index is -1.56. The molecule has 0 radical (unpaired) electrons. The van der Waals surface area contributed by atoms with E-state index in [1.54, 1.807) is 25.2 Å². The lowest BCUT2D eigenvalue weighted by Crippen LogP contribution is -2.71. The van der Waals surface area contributed by atoms with Crippen LogP contribution in [-0.2, 0) is 22.6 Å². The van der Waals surface area contributed by atoms with Crippen molar-refractivity contribution in [3.63, 3.8) is 0 Å². The summed E-state index contributed by atoms with van der Waals surface area (Å²) in [5, 5.41) is 13.7. The van der Waals surface area contributed by atoms with Gasteiger partial charge in [-0.25, -0.2) is 4.79 Å². The highest BCUT2D eigenvalue weighted by molar-refractivity contribution is 6.20. The third-order valence-electron chi connectivity index (χ3n) is 6.40. The van der Waals surface area contributed by atoms with Gasteiger partial charge in [-0.15, -0.1) is 0 Å². The zero-order valence-corrected chi connectivity index (χ0v) is 17.9. The van der Waals surface area contributed by atoms with Gasteiger partial charge in [0.05, 0.1) is 17.5 Å². The molecule has 0 bridgehead atoms. The zero-order valence-electron chi connectivity index (χ0n) is 17.9. The first-order chi connectivity index (χ1) is 15.3. The molecule has 2 atom stereocenters. The molecule has 32 heavy (non-hydrogen) atoms. The molecule has 9 heteroatoms. The van der Waals surface area contributed by atoms with Crippen molar-refractivity contribution in [3.05, 3.63) is 69.8 Å². The van der Waals surface area contributed by atoms with Crippen LogP contribution in [0.25, 0.3) is 0 Å². The summed E-state index contributed by atoms with van der Waals surface area (Å²) in [6.07, 6.45) is 1.24. The fourth-order valence-corrected chi connectivity index (χ4v) is 4.87. The van der Waals surface area contributed by atoms with Gasteiger partial charge >= 0.3 is 6.03 Å². The van der Waals surface area contributed by atoms with E-state index < -0.39 is 34.2 Å². The second-order valence-electron chi connectivity index (χ2n) is 8.27. The molecule has 166 valence electrons. The maximum absolute atomic E-state index is 13.9. The van der Waals surface area contributed by atoms with Crippen LogP contribution in [0.4, 0.5) is 16.2 Å². The van der Waals surface area contributed by atoms with Gasteiger partial charge in [0.15, 0.2) is 5.41 Å². The summed E-state index contributed by atoms with van der Waals surface area (Å²) in [7, 11) is 1.78. The number of imide groups is 2. The second kappa shape index (κ2) is 8.07. The minimum Gasteiger partial charge on any atom is -0.370 e. The van der Waals surface area contributed by atoms with Crippen molar-refractivity contribution in [1.29, 1.82) is 0 Å². The van der Waals surface area contributed by atoms with Crippen molar-refractivity contribution < 1.29 is 19.3 Å². The number of fused-ring (bicyclic) bond motifs is 1. The first-order valence-corrected chi connectivity index (χ1v) is 10.5. The number of hydrogen-bond donors (Lipinski definition) is 1. The zero-order chi connectivity index (χ0) is 23.0. The van der Waals surface area contributed by atoms with Crippen molar-refractivity contribution in [2.75, 3.05) is 11.9 Å². The Balaban J connectivity index is 1.82. The third-order valence-corrected chi connectivity index (χ3v) is 6.40. The highest BCUT2D eigenvalue weighted by Crippen LogP contribution is 2.46. The Morgan fingerprint density at radius 3 is 2.53 bits per heavy atom. The third kappa shape index (κ3) is 3.30. The van der Waals surface area contributed by atoms with Crippen LogP contribution in [0.1, 0.15) is 30.9 Å². The predicted octanol–water partition coefficient (Wildman–Crippen LogP) is 3.02. The molecule has 2 heterocycles. The number of hydrogen-bond acceptors (Lipinski definition) is 6. The van der Waals surface area contributed by atoms with E-state index in [1.807, 2.05) is 30.0 Å². The fraction of sp³-hybridized carbons (Fsp3) is 0.348. The first-order valence-electron chi connectivity index (χ1n) is 10.5. The molecule has 0 unspecified atom stereocenters. The number of benzene rings is 2. The van der Waals surface area contributed by atoms with Gasteiger partial charge in [-0.05, 0) is 23.6 Å². The van der Waals surface area contributed by atoms with Crippen LogP contribution >= 0.6 is 0 Å². The normalized spacial score (nSPS) is 22.7. The van der Waals surface area contributed by atoms with E-state index in [0.717, 1.165) is 16.2 Å². The molecule has 4 rings (SSSR count). The highest BCUT2D eigenvalue weighted by Gasteiger charge is 2.61. The number of anilines is 1. The average Bonchev–Trinajstić information content (AvgIpc) is 2.78. The number of amides is 4. The fourth-order valence-electron chi connectivity index (χ4n) is 4.87. The molecular formula is C23H24N4O5. The van der Waals surface area contributed by atoms with Gasteiger partial charge in [-0.1, -0.05) is 43.7 Å². The Morgan fingerprint density at radius 1 is 1.16 bits per heavy atom. The number of nitro benzene ring substituents is 1. The monoisotopic (exact) mass is 436 g/mol. The van der Waals surface area contributed by atoms with Crippen LogP contribution in [0.5, 0.6) is 0 Å². The van der Waals surface area contributed by atoms with E-state index in [2.05, 4.69) is 5.32 Å². The van der Waals surface area contributed by atoms with Crippen LogP contribution in [0.15, 0.2) is 48.5 Å². The molecule has 0 aromatic heterocycles. The summed E-state index contributed by atoms with van der Waals surface area (Å²) < 4.78 is 0. The van der Waals surface area contributed by atoms with Gasteiger partial charge in [0, 0.05) is 31.3 Å². The number of nitrogens with zero attached hydrogens (tertiary/aromatic N) is 3. The van der Waals surface area contributed by atoms with Gasteiger partial charge in [0.25, 0.3) is 5.69 Å². The van der Waals surface area contributed by atoms with E-state index in [-0.39, 0.29) is 18.7 Å². The van der Waals surface area contributed by atoms with E-state index in [0.29, 0.717) is 18.4 Å². The quantitative estimate of drug-likeness (QED) is 0.438. The molecule has 0 saturated carbocycles. The molecule has 1 spiro atoms. The van der Waals surface area contributed by atoms with Crippen LogP contribution in [0.2, 0.25) is 0 Å². The summed E-state index contributed by atoms with van der Waals surface area (Å²) in [6.45, 7) is 2.00. The SMILES string of the molecule is CCC[C@H]1N(C)c2ccc([N+](=O)[O-])cc2C[C@@]12C(=O)NC(=O)N(Cc1ccccc1)C2=O. The number of nitrogens with one attached hydrogen (secondary N) is 1. The Morgan fingerprint density at radius 2 is 1.88 bits per heavy atom. The minimum absolute atomic E-state index is 0.0117. The summed E-state index contributed by atoms with van der Waals surface area (Å²) in [5.74, 6) is -1.23. The van der Waals surface area contributed by atoms with Crippen molar-refractivity contribution in [2.24, 2.45) is 5.41 Å². The number of nitro groups is 1. The summed E-state index contributed by atoms with van der Waals surface area (Å²) >= 11 is 0. The lowest BCUT2D eigenvalue weighted by molar-refractivity contribution is -0.384. The van der Waals surface area contributed by atoms with E-state index in [1.165, 1.54) is 12.1 Å². The maximum atomic E-state index is 13.9. The largest absolute Gasteiger partial charge is 0.370 e. The van der Waals surface area contributed by atoms with Gasteiger partial charge in [0.1, 0.15) is 0 Å². The molecule has 9 nitrogen and oxygen atoms in total. The van der Waals surface area contributed by atoms with Gasteiger partial charge in [-0.2, -0.15) is 0 Å². The molecule has 2 aromatic carbocycles. The number of barbiturate groups is 1. The van der Waals surface area contributed by atoms with Gasteiger partial charge in [0.2, 0.25) is 11.8 Å². The smallest absolute Gasteiger partial charge is 0.331 e. The van der Waals surface area contributed by atoms with Gasteiger partial charge in [-0.3, -0.25) is 29.9 Å². The van der Waals surface area contributed by atoms with Crippen LogP contribution in [-0.4, -0.2) is 40.8 Å². The Kier molecular flexibility index (Phi) is 5.41. The average molecular weight is 436 g/mol. The highest BCUT2D eigenvalue weighted by atomic mass is 16.6. The number of urea groups is 1. The molecule has 2 aliphatic heterocycles. The summed E-state index contributed by atoms with van der Waals surface area (Å²) in [5.41, 5.74) is 0.364. The van der Waals surface area contributed by atoms with Crippen LogP contribution < -0.4 is 10.2 Å². The number of carbonyl (C=O) groups is 3. The molecule has 4 amide bonds. The molecule has 1 fully saturated rings. The first kappa shape index (κ1) is 21.5. The molecule has 1 saturated heterocycles. The Labute approximate surface area is 185 Å². The standard InChI is InChI=1S/C23H24N4O5/c1-3-7-19-23(13-16-12-17(27(31)32)10-11-18(16)25(19)2)20(28)24-22(30)26(21(23)29)14-15-8-5-4-6-9-15/h4-6,8-12,19H,3,7,13-14H2,1-2H3,(H,24,28,30)/t19-,23+/m1/s1. The number of non-ortho nitro benzene ring substituents is 1. The molecule has 0 aliphatic carbocycles. The van der Waals surface area contributed by atoms with Crippen LogP contribution in [0, 0.1) is 15.5 Å². The Bertz CT molecular complexity index is 1100. The summed E-state index contributed by atoms with van der Waals surface area (Å²) in [6, 6.07) is 12.3.